The number of nitrogens with one attached hydrogen (secondary N) is 1. The molecule has 5 heteroatoms. The molecule has 0 saturated heterocycles. The first kappa shape index (κ1) is 12.0. The lowest BCUT2D eigenvalue weighted by molar-refractivity contribution is 0.0526. The number of hydrogen-bond acceptors (Lipinski definition) is 4. The van der Waals surface area contributed by atoms with Gasteiger partial charge in [0.05, 0.1) is 17.9 Å². The quantitative estimate of drug-likeness (QED) is 0.381. The van der Waals surface area contributed by atoms with Gasteiger partial charge in [0.15, 0.2) is 0 Å². The zero-order valence-electron chi connectivity index (χ0n) is 8.42. The third-order valence-electron chi connectivity index (χ3n) is 1.93. The fourth-order valence-corrected chi connectivity index (χ4v) is 1.74. The Morgan fingerprint density at radius 1 is 1.60 bits per heavy atom. The fraction of sp³-hybridized carbons (Fsp3) is 0.300. The summed E-state index contributed by atoms with van der Waals surface area (Å²) < 4.78 is 4.96. The predicted octanol–water partition coefficient (Wildman–Crippen LogP) is 2.04. The van der Waals surface area contributed by atoms with Crippen LogP contribution in [0.1, 0.15) is 22.8 Å². The largest absolute Gasteiger partial charge is 0.462 e. The van der Waals surface area contributed by atoms with E-state index in [1.807, 2.05) is 12.1 Å². The third kappa shape index (κ3) is 2.70. The maximum atomic E-state index is 11.7. The van der Waals surface area contributed by atoms with Crippen LogP contribution in [-0.4, -0.2) is 12.6 Å². The highest BCUT2D eigenvalue weighted by Gasteiger charge is 2.16. The van der Waals surface area contributed by atoms with Gasteiger partial charge in [0.1, 0.15) is 0 Å². The van der Waals surface area contributed by atoms with Crippen LogP contribution in [0.2, 0.25) is 0 Å². The van der Waals surface area contributed by atoms with Gasteiger partial charge in [-0.2, -0.15) is 0 Å². The van der Waals surface area contributed by atoms with E-state index in [1.165, 1.54) is 0 Å². The van der Waals surface area contributed by atoms with Crippen molar-refractivity contribution in [3.63, 3.8) is 0 Å². The van der Waals surface area contributed by atoms with Crippen LogP contribution < -0.4 is 11.3 Å². The van der Waals surface area contributed by atoms with Crippen LogP contribution in [0.25, 0.3) is 0 Å². The number of rotatable bonds is 4. The number of halogens is 1. The number of benzene rings is 1. The summed E-state index contributed by atoms with van der Waals surface area (Å²) in [5, 5.41) is 0.580. The maximum Gasteiger partial charge on any atom is 0.340 e. The molecule has 82 valence electrons. The Morgan fingerprint density at radius 2 is 2.33 bits per heavy atom. The summed E-state index contributed by atoms with van der Waals surface area (Å²) in [7, 11) is 0. The Hall–Kier alpha value is -1.07. The summed E-state index contributed by atoms with van der Waals surface area (Å²) in [5.74, 6) is 4.97. The van der Waals surface area contributed by atoms with E-state index < -0.39 is 0 Å². The number of esters is 1. The van der Waals surface area contributed by atoms with Gasteiger partial charge in [0.2, 0.25) is 0 Å². The van der Waals surface area contributed by atoms with E-state index in [9.17, 15) is 4.79 Å². The van der Waals surface area contributed by atoms with Crippen LogP contribution in [0.15, 0.2) is 18.2 Å². The minimum atomic E-state index is -0.361. The summed E-state index contributed by atoms with van der Waals surface area (Å²) in [6.45, 7) is 2.11. The van der Waals surface area contributed by atoms with Gasteiger partial charge in [-0.25, -0.2) is 4.79 Å². The first-order chi connectivity index (χ1) is 7.24. The monoisotopic (exact) mass is 272 g/mol. The number of alkyl halides is 1. The lowest BCUT2D eigenvalue weighted by Gasteiger charge is -2.11. The Morgan fingerprint density at radius 3 is 2.87 bits per heavy atom. The molecule has 4 nitrogen and oxygen atoms in total. The lowest BCUT2D eigenvalue weighted by Crippen LogP contribution is -2.15. The molecular weight excluding hydrogens is 260 g/mol. The summed E-state index contributed by atoms with van der Waals surface area (Å²) in [6.07, 6.45) is 0. The Kier molecular flexibility index (Phi) is 4.58. The second kappa shape index (κ2) is 5.72. The summed E-state index contributed by atoms with van der Waals surface area (Å²) in [5.41, 5.74) is 4.40. The fourth-order valence-electron chi connectivity index (χ4n) is 1.28. The molecule has 15 heavy (non-hydrogen) atoms. The number of ether oxygens (including phenoxy) is 1. The molecule has 0 aliphatic rings. The highest BCUT2D eigenvalue weighted by Crippen LogP contribution is 2.22. The molecule has 0 saturated carbocycles. The van der Waals surface area contributed by atoms with E-state index in [4.69, 9.17) is 10.6 Å². The number of nitrogens with two attached hydrogens (primary N) is 1. The molecule has 0 aliphatic carbocycles. The maximum absolute atomic E-state index is 11.7. The lowest BCUT2D eigenvalue weighted by atomic mass is 10.1. The van der Waals surface area contributed by atoms with E-state index in [2.05, 4.69) is 21.4 Å². The van der Waals surface area contributed by atoms with Crippen molar-refractivity contribution >= 4 is 27.6 Å². The van der Waals surface area contributed by atoms with Crippen molar-refractivity contribution in [1.29, 1.82) is 0 Å². The van der Waals surface area contributed by atoms with Crippen molar-refractivity contribution in [3.05, 3.63) is 29.3 Å². The smallest absolute Gasteiger partial charge is 0.340 e. The number of carbonyl (C=O) groups is 1. The zero-order chi connectivity index (χ0) is 11.3. The Labute approximate surface area is 96.9 Å². The van der Waals surface area contributed by atoms with Crippen molar-refractivity contribution in [2.45, 2.75) is 12.3 Å². The van der Waals surface area contributed by atoms with Crippen LogP contribution in [0.5, 0.6) is 0 Å². The summed E-state index contributed by atoms with van der Waals surface area (Å²) in [4.78, 5) is 11.7. The van der Waals surface area contributed by atoms with E-state index in [0.29, 0.717) is 23.2 Å². The molecule has 0 aromatic heterocycles. The molecule has 0 radical (unpaired) electrons. The predicted molar refractivity (Wildman–Crippen MR) is 62.8 cm³/mol. The molecule has 0 amide bonds. The minimum absolute atomic E-state index is 0.347. The van der Waals surface area contributed by atoms with Gasteiger partial charge in [-0.05, 0) is 18.6 Å². The molecule has 0 bridgehead atoms. The first-order valence-electron chi connectivity index (χ1n) is 4.56. The van der Waals surface area contributed by atoms with Crippen molar-refractivity contribution in [2.24, 2.45) is 5.84 Å². The molecular formula is C10H13BrN2O2. The highest BCUT2D eigenvalue weighted by atomic mass is 79.9. The van der Waals surface area contributed by atoms with Crippen molar-refractivity contribution in [1.82, 2.24) is 0 Å². The van der Waals surface area contributed by atoms with Gasteiger partial charge in [-0.15, -0.1) is 0 Å². The number of hydrogen-bond donors (Lipinski definition) is 2. The number of hydrazine groups is 1. The molecule has 0 heterocycles. The van der Waals surface area contributed by atoms with E-state index >= 15 is 0 Å². The molecule has 0 unspecified atom stereocenters. The van der Waals surface area contributed by atoms with Gasteiger partial charge < -0.3 is 10.2 Å². The van der Waals surface area contributed by atoms with Crippen LogP contribution in [-0.2, 0) is 10.1 Å². The summed E-state index contributed by atoms with van der Waals surface area (Å²) >= 11 is 3.31. The average molecular weight is 273 g/mol. The topological polar surface area (TPSA) is 64.3 Å². The summed E-state index contributed by atoms with van der Waals surface area (Å²) in [6, 6.07) is 5.41. The van der Waals surface area contributed by atoms with Crippen LogP contribution in [0.3, 0.4) is 0 Å². The Bertz CT molecular complexity index is 333. The zero-order valence-corrected chi connectivity index (χ0v) is 10.0. The Balaban J connectivity index is 3.15. The van der Waals surface area contributed by atoms with Crippen molar-refractivity contribution in [2.75, 3.05) is 12.0 Å². The number of anilines is 1. The SMILES string of the molecule is CCOC(=O)c1c(CBr)cccc1NN. The first-order valence-corrected chi connectivity index (χ1v) is 5.68. The van der Waals surface area contributed by atoms with Gasteiger partial charge in [-0.3, -0.25) is 5.84 Å². The molecule has 0 spiro atoms. The van der Waals surface area contributed by atoms with Crippen molar-refractivity contribution in [3.8, 4) is 0 Å². The second-order valence-corrected chi connectivity index (χ2v) is 3.40. The number of nitrogen functional groups attached to an aromatic ring is 1. The van der Waals surface area contributed by atoms with E-state index in [-0.39, 0.29) is 5.97 Å². The van der Waals surface area contributed by atoms with Gasteiger partial charge in [0, 0.05) is 5.33 Å². The molecule has 0 aliphatic heterocycles. The van der Waals surface area contributed by atoms with Gasteiger partial charge >= 0.3 is 5.97 Å². The standard InChI is InChI=1S/C10H13BrN2O2/c1-2-15-10(14)9-7(6-11)4-3-5-8(9)13-12/h3-5,13H,2,6,12H2,1H3. The van der Waals surface area contributed by atoms with Gasteiger partial charge in [0.25, 0.3) is 0 Å². The molecule has 0 fully saturated rings. The van der Waals surface area contributed by atoms with Crippen LogP contribution >= 0.6 is 15.9 Å². The number of carbonyl (C=O) groups excluding carboxylic acids is 1. The average Bonchev–Trinajstić information content (AvgIpc) is 2.28. The molecule has 1 aromatic rings. The normalized spacial score (nSPS) is 9.80. The van der Waals surface area contributed by atoms with Gasteiger partial charge in [-0.1, -0.05) is 28.1 Å². The molecule has 0 atom stereocenters. The molecule has 1 rings (SSSR count). The molecule has 3 N–H and O–H groups in total. The van der Waals surface area contributed by atoms with E-state index in [1.54, 1.807) is 13.0 Å². The molecule has 1 aromatic carbocycles. The van der Waals surface area contributed by atoms with Crippen LogP contribution in [0, 0.1) is 0 Å². The minimum Gasteiger partial charge on any atom is -0.462 e. The third-order valence-corrected chi connectivity index (χ3v) is 2.53. The van der Waals surface area contributed by atoms with E-state index in [0.717, 1.165) is 5.56 Å². The van der Waals surface area contributed by atoms with Crippen molar-refractivity contribution < 1.29 is 9.53 Å². The second-order valence-electron chi connectivity index (χ2n) is 2.84. The van der Waals surface area contributed by atoms with Crippen LogP contribution in [0.4, 0.5) is 5.69 Å². The highest BCUT2D eigenvalue weighted by molar-refractivity contribution is 9.08.